The summed E-state index contributed by atoms with van der Waals surface area (Å²) in [6.07, 6.45) is 12.8. The normalized spacial score (nSPS) is 24.1. The predicted molar refractivity (Wildman–Crippen MR) is 125 cm³/mol. The fraction of sp³-hybridized carbons (Fsp3) is 0.393. The van der Waals surface area contributed by atoms with Crippen molar-refractivity contribution in [1.82, 2.24) is 4.90 Å². The van der Waals surface area contributed by atoms with Crippen LogP contribution in [0.4, 0.5) is 4.39 Å². The van der Waals surface area contributed by atoms with E-state index in [1.807, 2.05) is 12.1 Å². The smallest absolute Gasteiger partial charge is 0.131 e. The van der Waals surface area contributed by atoms with Crippen LogP contribution in [0.15, 0.2) is 60.7 Å². The molecule has 5 rings (SSSR count). The summed E-state index contributed by atoms with van der Waals surface area (Å²) < 4.78 is 25.8. The molecule has 0 saturated carbocycles. The number of nitriles is 1. The van der Waals surface area contributed by atoms with E-state index in [1.54, 1.807) is 12.1 Å². The van der Waals surface area contributed by atoms with E-state index in [-0.39, 0.29) is 6.61 Å². The minimum absolute atomic E-state index is 0.143. The summed E-state index contributed by atoms with van der Waals surface area (Å²) in [7, 11) is 0. The number of benzene rings is 2. The van der Waals surface area contributed by atoms with Crippen LogP contribution in [0, 0.1) is 29.0 Å². The van der Waals surface area contributed by atoms with Crippen LogP contribution in [0.3, 0.4) is 0 Å². The lowest BCUT2D eigenvalue weighted by Crippen LogP contribution is -2.38. The van der Waals surface area contributed by atoms with Crippen molar-refractivity contribution in [1.29, 1.82) is 5.26 Å². The van der Waals surface area contributed by atoms with Crippen molar-refractivity contribution in [3.8, 4) is 11.8 Å². The van der Waals surface area contributed by atoms with Gasteiger partial charge in [0.05, 0.1) is 17.7 Å². The fourth-order valence-electron chi connectivity index (χ4n) is 4.95. The Morgan fingerprint density at radius 1 is 1.09 bits per heavy atom. The largest absolute Gasteiger partial charge is 0.489 e. The predicted octanol–water partition coefficient (Wildman–Crippen LogP) is 5.17. The number of hydrogen-bond donors (Lipinski definition) is 0. The van der Waals surface area contributed by atoms with Gasteiger partial charge >= 0.3 is 0 Å². The maximum Gasteiger partial charge on any atom is 0.131 e. The van der Waals surface area contributed by atoms with Crippen molar-refractivity contribution in [3.05, 3.63) is 88.8 Å². The Morgan fingerprint density at radius 3 is 2.70 bits per heavy atom. The standard InChI is InChI=1S/C28H29FN2O2/c29-28-13-20(16-30)5-6-24(28)19-33-26-8-7-21-9-11-31(18-25(21)15-26)17-23-4-2-1-3-22(23)14-27-10-12-32-27/h1-8,13,15,22-23,27H,9-12,14,17-19H2. The van der Waals surface area contributed by atoms with E-state index in [1.165, 1.54) is 23.6 Å². The number of allylic oxidation sites excluding steroid dienone is 3. The lowest BCUT2D eigenvalue weighted by atomic mass is 9.82. The first kappa shape index (κ1) is 21.9. The Balaban J connectivity index is 1.21. The van der Waals surface area contributed by atoms with E-state index < -0.39 is 5.82 Å². The zero-order chi connectivity index (χ0) is 22.6. The minimum Gasteiger partial charge on any atom is -0.489 e. The summed E-state index contributed by atoms with van der Waals surface area (Å²) in [5.41, 5.74) is 3.41. The molecule has 3 atom stereocenters. The van der Waals surface area contributed by atoms with E-state index in [0.717, 1.165) is 44.8 Å². The third-order valence-electron chi connectivity index (χ3n) is 7.02. The number of halogens is 1. The number of nitrogens with zero attached hydrogens (tertiary/aromatic N) is 2. The van der Waals surface area contributed by atoms with Crippen molar-refractivity contribution in [2.24, 2.45) is 11.8 Å². The van der Waals surface area contributed by atoms with E-state index >= 15 is 0 Å². The Kier molecular flexibility index (Phi) is 6.57. The number of hydrogen-bond acceptors (Lipinski definition) is 4. The molecule has 0 bridgehead atoms. The van der Waals surface area contributed by atoms with Gasteiger partial charge in [-0.3, -0.25) is 4.90 Å². The molecule has 3 unspecified atom stereocenters. The van der Waals surface area contributed by atoms with E-state index in [9.17, 15) is 4.39 Å². The van der Waals surface area contributed by atoms with Gasteiger partial charge in [-0.2, -0.15) is 5.26 Å². The molecule has 170 valence electrons. The van der Waals surface area contributed by atoms with E-state index in [4.69, 9.17) is 14.7 Å². The Bertz CT molecular complexity index is 1100. The third kappa shape index (κ3) is 5.19. The fourth-order valence-corrected chi connectivity index (χ4v) is 4.95. The molecule has 0 aromatic heterocycles. The molecule has 0 radical (unpaired) electrons. The minimum atomic E-state index is -0.408. The van der Waals surface area contributed by atoms with Crippen LogP contribution in [0.1, 0.15) is 35.1 Å². The second-order valence-electron chi connectivity index (χ2n) is 9.24. The number of ether oxygens (including phenoxy) is 2. The van der Waals surface area contributed by atoms with Crippen LogP contribution in [0.2, 0.25) is 0 Å². The first-order chi connectivity index (χ1) is 16.2. The molecule has 4 nitrogen and oxygen atoms in total. The summed E-state index contributed by atoms with van der Waals surface area (Å²) in [6, 6.07) is 12.6. The zero-order valence-corrected chi connectivity index (χ0v) is 18.8. The molecule has 1 saturated heterocycles. The van der Waals surface area contributed by atoms with Crippen molar-refractivity contribution in [3.63, 3.8) is 0 Å². The maximum atomic E-state index is 14.2. The summed E-state index contributed by atoms with van der Waals surface area (Å²) in [5.74, 6) is 1.40. The molecule has 2 heterocycles. The number of rotatable bonds is 7. The Morgan fingerprint density at radius 2 is 1.94 bits per heavy atom. The van der Waals surface area contributed by atoms with Crippen LogP contribution in [0.5, 0.6) is 5.75 Å². The van der Waals surface area contributed by atoms with Gasteiger partial charge in [-0.1, -0.05) is 36.4 Å². The molecule has 0 spiro atoms. The molecule has 33 heavy (non-hydrogen) atoms. The highest BCUT2D eigenvalue weighted by Crippen LogP contribution is 2.31. The molecule has 2 aromatic carbocycles. The highest BCUT2D eigenvalue weighted by atomic mass is 19.1. The van der Waals surface area contributed by atoms with Gasteiger partial charge in [0.15, 0.2) is 0 Å². The Labute approximate surface area is 194 Å². The molecule has 0 N–H and O–H groups in total. The first-order valence-electron chi connectivity index (χ1n) is 11.8. The lowest BCUT2D eigenvalue weighted by Gasteiger charge is -2.36. The SMILES string of the molecule is N#Cc1ccc(COc2ccc3c(c2)CN(CC2C=CC=CC2CC2CCO2)CC3)c(F)c1. The van der Waals surface area contributed by atoms with Crippen molar-refractivity contribution in [2.45, 2.75) is 38.5 Å². The van der Waals surface area contributed by atoms with E-state index in [0.29, 0.717) is 29.1 Å². The van der Waals surface area contributed by atoms with Crippen molar-refractivity contribution in [2.75, 3.05) is 19.7 Å². The van der Waals surface area contributed by atoms with Gasteiger partial charge in [0.25, 0.3) is 0 Å². The lowest BCUT2D eigenvalue weighted by molar-refractivity contribution is -0.0628. The second-order valence-corrected chi connectivity index (χ2v) is 9.24. The monoisotopic (exact) mass is 444 g/mol. The van der Waals surface area contributed by atoms with Crippen LogP contribution in [-0.4, -0.2) is 30.7 Å². The van der Waals surface area contributed by atoms with Gasteiger partial charge in [-0.05, 0) is 66.5 Å². The third-order valence-corrected chi connectivity index (χ3v) is 7.02. The van der Waals surface area contributed by atoms with Crippen LogP contribution < -0.4 is 4.74 Å². The average molecular weight is 445 g/mol. The number of fused-ring (bicyclic) bond motifs is 1. The van der Waals surface area contributed by atoms with Gasteiger partial charge < -0.3 is 9.47 Å². The molecule has 1 fully saturated rings. The maximum absolute atomic E-state index is 14.2. The highest BCUT2D eigenvalue weighted by Gasteiger charge is 2.28. The summed E-state index contributed by atoms with van der Waals surface area (Å²) in [5, 5.41) is 8.90. The quantitative estimate of drug-likeness (QED) is 0.591. The Hall–Kier alpha value is -2.94. The van der Waals surface area contributed by atoms with Gasteiger partial charge in [-0.25, -0.2) is 4.39 Å². The van der Waals surface area contributed by atoms with Crippen LogP contribution >= 0.6 is 0 Å². The zero-order valence-electron chi connectivity index (χ0n) is 18.8. The van der Waals surface area contributed by atoms with Crippen molar-refractivity contribution < 1.29 is 13.9 Å². The second kappa shape index (κ2) is 9.91. The molecular formula is C28H29FN2O2. The first-order valence-corrected chi connectivity index (χ1v) is 11.8. The van der Waals surface area contributed by atoms with Gasteiger partial charge in [-0.15, -0.1) is 0 Å². The topological polar surface area (TPSA) is 45.5 Å². The molecule has 5 heteroatoms. The van der Waals surface area contributed by atoms with Gasteiger partial charge in [0.1, 0.15) is 18.2 Å². The van der Waals surface area contributed by atoms with Crippen LogP contribution in [0.25, 0.3) is 0 Å². The molecule has 2 aliphatic heterocycles. The van der Waals surface area contributed by atoms with Crippen LogP contribution in [-0.2, 0) is 24.3 Å². The molecule has 1 aliphatic carbocycles. The van der Waals surface area contributed by atoms with Gasteiger partial charge in [0.2, 0.25) is 0 Å². The summed E-state index contributed by atoms with van der Waals surface area (Å²) >= 11 is 0. The van der Waals surface area contributed by atoms with E-state index in [2.05, 4.69) is 41.3 Å². The molecule has 2 aromatic rings. The molecular weight excluding hydrogens is 415 g/mol. The summed E-state index contributed by atoms with van der Waals surface area (Å²) in [4.78, 5) is 2.54. The highest BCUT2D eigenvalue weighted by molar-refractivity contribution is 5.38. The molecule has 3 aliphatic rings. The van der Waals surface area contributed by atoms with Gasteiger partial charge in [0, 0.05) is 31.8 Å². The molecule has 0 amide bonds. The average Bonchev–Trinajstić information content (AvgIpc) is 2.81. The summed E-state index contributed by atoms with van der Waals surface area (Å²) in [6.45, 7) is 4.05. The van der Waals surface area contributed by atoms with Crippen molar-refractivity contribution >= 4 is 0 Å².